The zero-order valence-electron chi connectivity index (χ0n) is 18.2. The molecule has 1 aliphatic rings. The minimum absolute atomic E-state index is 0.102. The number of hydrogen-bond acceptors (Lipinski definition) is 6. The number of hydrogen-bond donors (Lipinski definition) is 1. The second-order valence-corrected chi connectivity index (χ2v) is 9.53. The number of carbonyl (C=O) groups excluding carboxylic acids is 1. The second kappa shape index (κ2) is 10.8. The molecule has 2 rings (SSSR count). The van der Waals surface area contributed by atoms with E-state index in [1.165, 1.54) is 13.8 Å². The Morgan fingerprint density at radius 3 is 2.63 bits per heavy atom. The Morgan fingerprint density at radius 2 is 2.03 bits per heavy atom. The zero-order chi connectivity index (χ0) is 22.4. The van der Waals surface area contributed by atoms with Crippen molar-refractivity contribution in [2.75, 3.05) is 6.61 Å². The van der Waals surface area contributed by atoms with Gasteiger partial charge in [0.2, 0.25) is 0 Å². The highest BCUT2D eigenvalue weighted by molar-refractivity contribution is 7.52. The second-order valence-electron chi connectivity index (χ2n) is 7.84. The van der Waals surface area contributed by atoms with Crippen LogP contribution in [0.4, 0.5) is 4.39 Å². The standard InChI is InChI=1S/C20H31BFNO6P/c1-6-21-19-20(5,22)12-17(28-19)13-26-30(25,29-16-10-8-7-9-11-16)23-15(4)18(24)27-14(2)3/h7-11,14-15,17,19H,6,12-13H2,1-5H3,(H,23,25)/t15-,17?,19-,20-,30?/m1/s1. The van der Waals surface area contributed by atoms with E-state index in [9.17, 15) is 13.8 Å². The Kier molecular flexibility index (Phi) is 8.91. The molecule has 1 fully saturated rings. The van der Waals surface area contributed by atoms with Crippen LogP contribution in [0.3, 0.4) is 0 Å². The average Bonchev–Trinajstić information content (AvgIpc) is 2.94. The number of nitrogens with one attached hydrogen (secondary N) is 1. The first-order valence-corrected chi connectivity index (χ1v) is 11.7. The molecule has 2 unspecified atom stereocenters. The van der Waals surface area contributed by atoms with Crippen LogP contribution in [0.25, 0.3) is 0 Å². The molecule has 1 aliphatic heterocycles. The third kappa shape index (κ3) is 7.38. The summed E-state index contributed by atoms with van der Waals surface area (Å²) in [4.78, 5) is 12.1. The minimum Gasteiger partial charge on any atom is -0.462 e. The predicted octanol–water partition coefficient (Wildman–Crippen LogP) is 4.11. The van der Waals surface area contributed by atoms with E-state index in [4.69, 9.17) is 18.5 Å². The third-order valence-corrected chi connectivity index (χ3v) is 6.11. The van der Waals surface area contributed by atoms with E-state index < -0.39 is 37.5 Å². The number of halogens is 1. The smallest absolute Gasteiger partial charge is 0.459 e. The Balaban J connectivity index is 2.08. The molecule has 1 radical (unpaired) electrons. The van der Waals surface area contributed by atoms with E-state index in [1.54, 1.807) is 51.5 Å². The number of carbonyl (C=O) groups is 1. The van der Waals surface area contributed by atoms with E-state index in [0.717, 1.165) is 0 Å². The van der Waals surface area contributed by atoms with Crippen molar-refractivity contribution in [3.8, 4) is 5.75 Å². The fourth-order valence-corrected chi connectivity index (χ4v) is 4.61. The molecule has 0 saturated carbocycles. The normalized spacial score (nSPS) is 26.8. The van der Waals surface area contributed by atoms with Gasteiger partial charge in [-0.3, -0.25) is 9.32 Å². The van der Waals surface area contributed by atoms with Crippen LogP contribution in [0.15, 0.2) is 30.3 Å². The number of rotatable bonds is 11. The molecule has 0 amide bonds. The van der Waals surface area contributed by atoms with E-state index in [1.807, 2.05) is 6.92 Å². The molecule has 0 aliphatic carbocycles. The largest absolute Gasteiger partial charge is 0.462 e. The molecule has 0 aromatic heterocycles. The minimum atomic E-state index is -3.99. The number of ether oxygens (including phenoxy) is 2. The lowest BCUT2D eigenvalue weighted by molar-refractivity contribution is -0.149. The SMILES string of the molecule is CC[B][C@@H]1OC(COP(=O)(N[C@H](C)C(=O)OC(C)C)Oc2ccccc2)C[C@@]1(C)F. The van der Waals surface area contributed by atoms with Gasteiger partial charge in [-0.25, -0.2) is 8.96 Å². The maximum Gasteiger partial charge on any atom is 0.459 e. The van der Waals surface area contributed by atoms with E-state index >= 15 is 0 Å². The monoisotopic (exact) mass is 442 g/mol. The van der Waals surface area contributed by atoms with Crippen LogP contribution in [0, 0.1) is 0 Å². The summed E-state index contributed by atoms with van der Waals surface area (Å²) in [5.74, 6) is -0.283. The van der Waals surface area contributed by atoms with Gasteiger partial charge in [0.1, 0.15) is 17.5 Å². The van der Waals surface area contributed by atoms with E-state index in [0.29, 0.717) is 12.1 Å². The van der Waals surface area contributed by atoms with Crippen molar-refractivity contribution in [2.24, 2.45) is 0 Å². The van der Waals surface area contributed by atoms with Crippen molar-refractivity contribution in [2.45, 2.75) is 77.3 Å². The highest BCUT2D eigenvalue weighted by Crippen LogP contribution is 2.46. The molecule has 0 spiro atoms. The van der Waals surface area contributed by atoms with Crippen LogP contribution >= 0.6 is 7.75 Å². The van der Waals surface area contributed by atoms with Crippen molar-refractivity contribution >= 4 is 21.0 Å². The highest BCUT2D eigenvalue weighted by atomic mass is 31.2. The Hall–Kier alpha value is -1.41. The molecule has 5 atom stereocenters. The van der Waals surface area contributed by atoms with Crippen molar-refractivity contribution < 1.29 is 32.3 Å². The van der Waals surface area contributed by atoms with Crippen molar-refractivity contribution in [1.29, 1.82) is 0 Å². The Bertz CT molecular complexity index is 735. The lowest BCUT2D eigenvalue weighted by Crippen LogP contribution is -2.36. The van der Waals surface area contributed by atoms with E-state index in [2.05, 4.69) is 5.09 Å². The van der Waals surface area contributed by atoms with Gasteiger partial charge in [-0.05, 0) is 39.8 Å². The quantitative estimate of drug-likeness (QED) is 0.314. The van der Waals surface area contributed by atoms with Gasteiger partial charge in [0.15, 0.2) is 7.28 Å². The molecule has 1 saturated heterocycles. The molecular formula is C20H31BFNO6P. The fraction of sp³-hybridized carbons (Fsp3) is 0.650. The summed E-state index contributed by atoms with van der Waals surface area (Å²) in [6.45, 7) is 8.17. The molecule has 167 valence electrons. The van der Waals surface area contributed by atoms with Crippen LogP contribution in [-0.4, -0.2) is 49.8 Å². The molecule has 1 aromatic carbocycles. The van der Waals surface area contributed by atoms with Gasteiger partial charge in [-0.2, -0.15) is 5.09 Å². The zero-order valence-corrected chi connectivity index (χ0v) is 19.1. The van der Waals surface area contributed by atoms with E-state index in [-0.39, 0.29) is 19.1 Å². The number of esters is 1. The predicted molar refractivity (Wildman–Crippen MR) is 113 cm³/mol. The van der Waals surface area contributed by atoms with Crippen molar-refractivity contribution in [3.05, 3.63) is 30.3 Å². The summed E-state index contributed by atoms with van der Waals surface area (Å²) < 4.78 is 50.1. The van der Waals surface area contributed by atoms with Gasteiger partial charge < -0.3 is 14.0 Å². The Morgan fingerprint density at radius 1 is 1.37 bits per heavy atom. The Labute approximate surface area is 178 Å². The molecule has 0 bridgehead atoms. The molecule has 1 N–H and O–H groups in total. The molecular weight excluding hydrogens is 411 g/mol. The highest BCUT2D eigenvalue weighted by Gasteiger charge is 2.46. The van der Waals surface area contributed by atoms with Gasteiger partial charge in [0, 0.05) is 6.42 Å². The number of alkyl halides is 1. The molecule has 30 heavy (non-hydrogen) atoms. The summed E-state index contributed by atoms with van der Waals surface area (Å²) >= 11 is 0. The van der Waals surface area contributed by atoms with Crippen molar-refractivity contribution in [1.82, 2.24) is 5.09 Å². The number of para-hydroxylation sites is 1. The molecule has 1 aromatic rings. The lowest BCUT2D eigenvalue weighted by atomic mass is 9.64. The van der Waals surface area contributed by atoms with Gasteiger partial charge in [-0.15, -0.1) is 0 Å². The fourth-order valence-electron chi connectivity index (χ4n) is 3.09. The number of benzene rings is 1. The van der Waals surface area contributed by atoms with Crippen LogP contribution in [0.5, 0.6) is 5.75 Å². The maximum absolute atomic E-state index is 14.7. The lowest BCUT2D eigenvalue weighted by Gasteiger charge is -2.24. The van der Waals surface area contributed by atoms with Crippen LogP contribution in [0.1, 0.15) is 41.0 Å². The third-order valence-electron chi connectivity index (χ3n) is 4.47. The summed E-state index contributed by atoms with van der Waals surface area (Å²) in [5, 5.41) is 2.61. The molecule has 1 heterocycles. The topological polar surface area (TPSA) is 83.1 Å². The first-order valence-electron chi connectivity index (χ1n) is 10.2. The average molecular weight is 442 g/mol. The van der Waals surface area contributed by atoms with Crippen LogP contribution < -0.4 is 9.61 Å². The van der Waals surface area contributed by atoms with Crippen LogP contribution in [0.2, 0.25) is 6.32 Å². The summed E-state index contributed by atoms with van der Waals surface area (Å²) in [5.41, 5.74) is -1.53. The molecule has 10 heteroatoms. The van der Waals surface area contributed by atoms with Gasteiger partial charge in [0.25, 0.3) is 0 Å². The summed E-state index contributed by atoms with van der Waals surface area (Å²) in [6.07, 6.45) is -0.146. The summed E-state index contributed by atoms with van der Waals surface area (Å²) in [7, 11) is -2.22. The van der Waals surface area contributed by atoms with Crippen LogP contribution in [-0.2, 0) is 23.4 Å². The van der Waals surface area contributed by atoms with Crippen molar-refractivity contribution in [3.63, 3.8) is 0 Å². The first-order chi connectivity index (χ1) is 14.0. The van der Waals surface area contributed by atoms with Gasteiger partial charge in [0.05, 0.1) is 24.8 Å². The molecule has 7 nitrogen and oxygen atoms in total. The van der Waals surface area contributed by atoms with Gasteiger partial charge >= 0.3 is 13.7 Å². The maximum atomic E-state index is 14.7. The first kappa shape index (κ1) is 24.9. The van der Waals surface area contributed by atoms with Gasteiger partial charge in [-0.1, -0.05) is 31.4 Å². The summed E-state index contributed by atoms with van der Waals surface area (Å²) in [6, 6.07) is 6.86.